The topological polar surface area (TPSA) is 50.4 Å². The number of carbonyl (C=O) groups excluding carboxylic acids is 1. The monoisotopic (exact) mass is 262 g/mol. The standard InChI is InChI=1S/C15H22N2O2/c1-10-9-14(19-3)11(2)8-13(10)17-15(18)12-4-6-16-7-5-12/h8-9,12,16H,4-7H2,1-3H3,(H,17,18). The molecule has 2 rings (SSSR count). The van der Waals surface area contributed by atoms with Gasteiger partial charge >= 0.3 is 0 Å². The number of ether oxygens (including phenoxy) is 1. The number of benzene rings is 1. The summed E-state index contributed by atoms with van der Waals surface area (Å²) in [6.07, 6.45) is 1.83. The molecular weight excluding hydrogens is 240 g/mol. The Morgan fingerprint density at radius 3 is 2.58 bits per heavy atom. The summed E-state index contributed by atoms with van der Waals surface area (Å²) in [6, 6.07) is 3.94. The number of hydrogen-bond donors (Lipinski definition) is 2. The van der Waals surface area contributed by atoms with E-state index in [1.807, 2.05) is 26.0 Å². The Kier molecular flexibility index (Phi) is 4.43. The molecule has 104 valence electrons. The fourth-order valence-electron chi connectivity index (χ4n) is 2.46. The van der Waals surface area contributed by atoms with Gasteiger partial charge in [-0.2, -0.15) is 0 Å². The molecule has 0 radical (unpaired) electrons. The number of piperidine rings is 1. The van der Waals surface area contributed by atoms with Crippen LogP contribution in [-0.2, 0) is 4.79 Å². The van der Waals surface area contributed by atoms with Crippen LogP contribution in [0.2, 0.25) is 0 Å². The third kappa shape index (κ3) is 3.26. The van der Waals surface area contributed by atoms with Crippen molar-refractivity contribution in [2.45, 2.75) is 26.7 Å². The summed E-state index contributed by atoms with van der Waals surface area (Å²) in [6.45, 7) is 5.83. The van der Waals surface area contributed by atoms with Gasteiger partial charge in [-0.15, -0.1) is 0 Å². The van der Waals surface area contributed by atoms with Gasteiger partial charge in [0.15, 0.2) is 0 Å². The number of anilines is 1. The maximum absolute atomic E-state index is 12.2. The quantitative estimate of drug-likeness (QED) is 0.878. The van der Waals surface area contributed by atoms with Gasteiger partial charge in [0.2, 0.25) is 5.91 Å². The third-order valence-corrected chi connectivity index (χ3v) is 3.71. The van der Waals surface area contributed by atoms with Crippen LogP contribution in [0.3, 0.4) is 0 Å². The lowest BCUT2D eigenvalue weighted by molar-refractivity contribution is -0.120. The van der Waals surface area contributed by atoms with Crippen LogP contribution in [0.1, 0.15) is 24.0 Å². The van der Waals surface area contributed by atoms with Crippen LogP contribution in [0.4, 0.5) is 5.69 Å². The van der Waals surface area contributed by atoms with Crippen molar-refractivity contribution in [2.75, 3.05) is 25.5 Å². The Hall–Kier alpha value is -1.55. The van der Waals surface area contributed by atoms with Crippen molar-refractivity contribution in [1.29, 1.82) is 0 Å². The second-order valence-electron chi connectivity index (χ2n) is 5.15. The molecule has 0 atom stereocenters. The Balaban J connectivity index is 2.10. The van der Waals surface area contributed by atoms with Gasteiger partial charge in [-0.25, -0.2) is 0 Å². The van der Waals surface area contributed by atoms with E-state index in [-0.39, 0.29) is 11.8 Å². The zero-order valence-electron chi connectivity index (χ0n) is 11.9. The fourth-order valence-corrected chi connectivity index (χ4v) is 2.46. The largest absolute Gasteiger partial charge is 0.496 e. The molecule has 0 aliphatic carbocycles. The molecule has 1 amide bonds. The number of methoxy groups -OCH3 is 1. The van der Waals surface area contributed by atoms with Gasteiger partial charge in [0.25, 0.3) is 0 Å². The van der Waals surface area contributed by atoms with E-state index < -0.39 is 0 Å². The van der Waals surface area contributed by atoms with Crippen LogP contribution in [0.5, 0.6) is 5.75 Å². The van der Waals surface area contributed by atoms with Crippen LogP contribution in [0.15, 0.2) is 12.1 Å². The predicted octanol–water partition coefficient (Wildman–Crippen LogP) is 2.25. The van der Waals surface area contributed by atoms with E-state index in [4.69, 9.17) is 4.74 Å². The molecule has 1 aliphatic heterocycles. The molecule has 1 fully saturated rings. The molecule has 4 nitrogen and oxygen atoms in total. The molecule has 2 N–H and O–H groups in total. The van der Waals surface area contributed by atoms with Gasteiger partial charge in [-0.3, -0.25) is 4.79 Å². The second-order valence-corrected chi connectivity index (χ2v) is 5.15. The van der Waals surface area contributed by atoms with E-state index in [2.05, 4.69) is 10.6 Å². The van der Waals surface area contributed by atoms with Gasteiger partial charge in [-0.05, 0) is 63.0 Å². The SMILES string of the molecule is COc1cc(C)c(NC(=O)C2CCNCC2)cc1C. The summed E-state index contributed by atoms with van der Waals surface area (Å²) in [7, 11) is 1.66. The highest BCUT2D eigenvalue weighted by molar-refractivity contribution is 5.93. The number of hydrogen-bond acceptors (Lipinski definition) is 3. The highest BCUT2D eigenvalue weighted by atomic mass is 16.5. The first-order chi connectivity index (χ1) is 9.11. The lowest BCUT2D eigenvalue weighted by Crippen LogP contribution is -2.34. The first kappa shape index (κ1) is 13.9. The van der Waals surface area contributed by atoms with Crippen molar-refractivity contribution < 1.29 is 9.53 Å². The van der Waals surface area contributed by atoms with Crippen LogP contribution in [0, 0.1) is 19.8 Å². The lowest BCUT2D eigenvalue weighted by Gasteiger charge is -2.22. The molecule has 0 bridgehead atoms. The minimum Gasteiger partial charge on any atom is -0.496 e. The minimum atomic E-state index is 0.128. The Morgan fingerprint density at radius 2 is 1.95 bits per heavy atom. The van der Waals surface area contributed by atoms with Crippen molar-refractivity contribution in [3.8, 4) is 5.75 Å². The van der Waals surface area contributed by atoms with Gasteiger partial charge in [0.1, 0.15) is 5.75 Å². The Morgan fingerprint density at radius 1 is 1.26 bits per heavy atom. The van der Waals surface area contributed by atoms with Gasteiger partial charge in [-0.1, -0.05) is 0 Å². The van der Waals surface area contributed by atoms with Crippen molar-refractivity contribution in [1.82, 2.24) is 5.32 Å². The second kappa shape index (κ2) is 6.06. The van der Waals surface area contributed by atoms with Crippen LogP contribution >= 0.6 is 0 Å². The normalized spacial score (nSPS) is 16.2. The van der Waals surface area contributed by atoms with E-state index in [1.54, 1.807) is 7.11 Å². The predicted molar refractivity (Wildman–Crippen MR) is 76.7 cm³/mol. The summed E-state index contributed by atoms with van der Waals surface area (Å²) in [5, 5.41) is 6.32. The first-order valence-electron chi connectivity index (χ1n) is 6.78. The molecule has 0 spiro atoms. The minimum absolute atomic E-state index is 0.128. The lowest BCUT2D eigenvalue weighted by atomic mass is 9.97. The Bertz CT molecular complexity index is 465. The molecule has 1 saturated heterocycles. The average molecular weight is 262 g/mol. The maximum atomic E-state index is 12.2. The van der Waals surface area contributed by atoms with Gasteiger partial charge in [0.05, 0.1) is 7.11 Å². The fraction of sp³-hybridized carbons (Fsp3) is 0.533. The van der Waals surface area contributed by atoms with Gasteiger partial charge in [0, 0.05) is 11.6 Å². The summed E-state index contributed by atoms with van der Waals surface area (Å²) in [4.78, 5) is 12.2. The van der Waals surface area contributed by atoms with Crippen molar-refractivity contribution >= 4 is 11.6 Å². The van der Waals surface area contributed by atoms with Crippen molar-refractivity contribution in [3.63, 3.8) is 0 Å². The van der Waals surface area contributed by atoms with E-state index >= 15 is 0 Å². The summed E-state index contributed by atoms with van der Waals surface area (Å²) < 4.78 is 5.28. The number of rotatable bonds is 3. The number of nitrogens with one attached hydrogen (secondary N) is 2. The molecule has 0 unspecified atom stereocenters. The summed E-state index contributed by atoms with van der Waals surface area (Å²) in [5.41, 5.74) is 2.96. The summed E-state index contributed by atoms with van der Waals surface area (Å²) in [5.74, 6) is 1.12. The van der Waals surface area contributed by atoms with Crippen molar-refractivity contribution in [3.05, 3.63) is 23.3 Å². The molecule has 1 heterocycles. The van der Waals surface area contributed by atoms with Gasteiger partial charge < -0.3 is 15.4 Å². The zero-order chi connectivity index (χ0) is 13.8. The number of aryl methyl sites for hydroxylation is 2. The number of amides is 1. The average Bonchev–Trinajstić information content (AvgIpc) is 2.43. The van der Waals surface area contributed by atoms with E-state index in [1.165, 1.54) is 0 Å². The highest BCUT2D eigenvalue weighted by Gasteiger charge is 2.21. The zero-order valence-corrected chi connectivity index (χ0v) is 11.9. The smallest absolute Gasteiger partial charge is 0.227 e. The molecule has 0 aromatic heterocycles. The first-order valence-corrected chi connectivity index (χ1v) is 6.78. The van der Waals surface area contributed by atoms with Crippen LogP contribution in [0.25, 0.3) is 0 Å². The number of carbonyl (C=O) groups is 1. The molecule has 1 aliphatic rings. The van der Waals surface area contributed by atoms with E-state index in [0.29, 0.717) is 0 Å². The summed E-state index contributed by atoms with van der Waals surface area (Å²) >= 11 is 0. The van der Waals surface area contributed by atoms with E-state index in [0.717, 1.165) is 48.5 Å². The molecular formula is C15H22N2O2. The van der Waals surface area contributed by atoms with E-state index in [9.17, 15) is 4.79 Å². The molecule has 0 saturated carbocycles. The molecule has 19 heavy (non-hydrogen) atoms. The van der Waals surface area contributed by atoms with Crippen LogP contribution < -0.4 is 15.4 Å². The highest BCUT2D eigenvalue weighted by Crippen LogP contribution is 2.26. The van der Waals surface area contributed by atoms with Crippen LogP contribution in [-0.4, -0.2) is 26.1 Å². The maximum Gasteiger partial charge on any atom is 0.227 e. The van der Waals surface area contributed by atoms with Crippen molar-refractivity contribution in [2.24, 2.45) is 5.92 Å². The molecule has 4 heteroatoms. The Labute approximate surface area is 114 Å². The molecule has 1 aromatic carbocycles. The molecule has 1 aromatic rings. The third-order valence-electron chi connectivity index (χ3n) is 3.71.